The number of aryl methyl sites for hydroxylation is 1. The van der Waals surface area contributed by atoms with E-state index in [1.807, 2.05) is 25.1 Å². The molecule has 0 unspecified atom stereocenters. The van der Waals surface area contributed by atoms with Crippen LogP contribution in [0.1, 0.15) is 31.8 Å². The summed E-state index contributed by atoms with van der Waals surface area (Å²) in [4.78, 5) is 35.7. The first-order valence-electron chi connectivity index (χ1n) is 7.65. The van der Waals surface area contributed by atoms with E-state index in [2.05, 4.69) is 26.6 Å². The van der Waals surface area contributed by atoms with Crippen molar-refractivity contribution in [1.29, 1.82) is 0 Å². The molecule has 0 aliphatic carbocycles. The molecule has 2 aromatic rings. The number of amides is 1. The van der Waals surface area contributed by atoms with Gasteiger partial charge in [0.15, 0.2) is 0 Å². The summed E-state index contributed by atoms with van der Waals surface area (Å²) < 4.78 is 9.33. The molecule has 0 aliphatic heterocycles. The Kier molecular flexibility index (Phi) is 6.12. The van der Waals surface area contributed by atoms with Gasteiger partial charge in [-0.25, -0.2) is 9.59 Å². The first-order chi connectivity index (χ1) is 12.4. The summed E-state index contributed by atoms with van der Waals surface area (Å²) in [5, 5.41) is 2.51. The van der Waals surface area contributed by atoms with Crippen molar-refractivity contribution in [2.45, 2.75) is 6.92 Å². The highest BCUT2D eigenvalue weighted by molar-refractivity contribution is 6.09. The Morgan fingerprint density at radius 1 is 0.962 bits per heavy atom. The molecule has 2 aromatic carbocycles. The number of nitrogens with one attached hydrogen (secondary N) is 1. The number of carbonyl (C=O) groups is 3. The summed E-state index contributed by atoms with van der Waals surface area (Å²) in [6.45, 7) is 1.92. The van der Waals surface area contributed by atoms with Gasteiger partial charge in [-0.15, -0.1) is 0 Å². The summed E-state index contributed by atoms with van der Waals surface area (Å²) in [7, 11) is 2.46. The number of esters is 2. The van der Waals surface area contributed by atoms with E-state index in [4.69, 9.17) is 0 Å². The summed E-state index contributed by atoms with van der Waals surface area (Å²) in [6.07, 6.45) is 0. The highest BCUT2D eigenvalue weighted by Crippen LogP contribution is 2.19. The largest absolute Gasteiger partial charge is 0.465 e. The zero-order valence-corrected chi connectivity index (χ0v) is 14.6. The van der Waals surface area contributed by atoms with E-state index in [-0.39, 0.29) is 16.8 Å². The van der Waals surface area contributed by atoms with E-state index in [0.717, 1.165) is 5.56 Å². The fraction of sp³-hybridized carbons (Fsp3) is 0.150. The minimum Gasteiger partial charge on any atom is -0.465 e. The molecular formula is C20H17NO5. The van der Waals surface area contributed by atoms with Gasteiger partial charge in [0.2, 0.25) is 0 Å². The number of carbonyl (C=O) groups excluding carboxylic acids is 3. The molecule has 0 saturated carbocycles. The van der Waals surface area contributed by atoms with Gasteiger partial charge in [-0.05, 0) is 42.8 Å². The van der Waals surface area contributed by atoms with E-state index in [1.54, 1.807) is 6.07 Å². The molecule has 1 N–H and O–H groups in total. The van der Waals surface area contributed by atoms with Crippen molar-refractivity contribution >= 4 is 23.5 Å². The van der Waals surface area contributed by atoms with Crippen LogP contribution < -0.4 is 5.32 Å². The van der Waals surface area contributed by atoms with Crippen LogP contribution in [0.3, 0.4) is 0 Å². The topological polar surface area (TPSA) is 81.7 Å². The van der Waals surface area contributed by atoms with Crippen LogP contribution in [0.5, 0.6) is 0 Å². The zero-order valence-electron chi connectivity index (χ0n) is 14.6. The van der Waals surface area contributed by atoms with Crippen LogP contribution in [-0.2, 0) is 14.3 Å². The van der Waals surface area contributed by atoms with Gasteiger partial charge >= 0.3 is 17.8 Å². The molecular weight excluding hydrogens is 334 g/mol. The second-order valence-corrected chi connectivity index (χ2v) is 5.32. The van der Waals surface area contributed by atoms with Crippen LogP contribution in [0.4, 0.5) is 5.69 Å². The third kappa shape index (κ3) is 4.71. The minimum absolute atomic E-state index is 0.103. The first kappa shape index (κ1) is 18.7. The number of methoxy groups -OCH3 is 2. The summed E-state index contributed by atoms with van der Waals surface area (Å²) in [5.74, 6) is 3.33. The number of anilines is 1. The number of benzene rings is 2. The minimum atomic E-state index is -0.650. The smallest absolute Gasteiger partial charge is 0.339 e. The van der Waals surface area contributed by atoms with Crippen molar-refractivity contribution in [3.05, 3.63) is 64.7 Å². The first-order valence-corrected chi connectivity index (χ1v) is 7.65. The van der Waals surface area contributed by atoms with Crippen LogP contribution >= 0.6 is 0 Å². The number of ether oxygens (including phenoxy) is 2. The van der Waals surface area contributed by atoms with E-state index < -0.39 is 17.8 Å². The van der Waals surface area contributed by atoms with E-state index in [0.29, 0.717) is 5.56 Å². The predicted molar refractivity (Wildman–Crippen MR) is 95.8 cm³/mol. The van der Waals surface area contributed by atoms with Crippen LogP contribution in [0.2, 0.25) is 0 Å². The lowest BCUT2D eigenvalue weighted by Gasteiger charge is -2.09. The second kappa shape index (κ2) is 8.49. The number of rotatable bonds is 3. The highest BCUT2D eigenvalue weighted by Gasteiger charge is 2.16. The third-order valence-electron chi connectivity index (χ3n) is 3.43. The van der Waals surface area contributed by atoms with Crippen LogP contribution in [0.25, 0.3) is 0 Å². The molecule has 0 radical (unpaired) electrons. The lowest BCUT2D eigenvalue weighted by atomic mass is 10.1. The van der Waals surface area contributed by atoms with Crippen molar-refractivity contribution in [2.24, 2.45) is 0 Å². The Hall–Kier alpha value is -3.59. The Balaban J connectivity index is 2.30. The van der Waals surface area contributed by atoms with E-state index in [9.17, 15) is 14.4 Å². The molecule has 0 saturated heterocycles. The Bertz CT molecular complexity index is 921. The van der Waals surface area contributed by atoms with Crippen molar-refractivity contribution < 1.29 is 23.9 Å². The molecule has 0 fully saturated rings. The average Bonchev–Trinajstić information content (AvgIpc) is 2.65. The van der Waals surface area contributed by atoms with Gasteiger partial charge < -0.3 is 14.8 Å². The Morgan fingerprint density at radius 2 is 1.69 bits per heavy atom. The molecule has 1 amide bonds. The Morgan fingerprint density at radius 3 is 2.35 bits per heavy atom. The maximum absolute atomic E-state index is 12.1. The second-order valence-electron chi connectivity index (χ2n) is 5.32. The molecule has 26 heavy (non-hydrogen) atoms. The lowest BCUT2D eigenvalue weighted by molar-refractivity contribution is -0.111. The van der Waals surface area contributed by atoms with Gasteiger partial charge in [-0.1, -0.05) is 18.1 Å². The molecule has 132 valence electrons. The Labute approximate surface area is 151 Å². The van der Waals surface area contributed by atoms with Crippen LogP contribution in [-0.4, -0.2) is 32.1 Å². The third-order valence-corrected chi connectivity index (χ3v) is 3.43. The maximum atomic E-state index is 12.1. The van der Waals surface area contributed by atoms with Gasteiger partial charge in [0.05, 0.1) is 31.0 Å². The van der Waals surface area contributed by atoms with Gasteiger partial charge in [-0.2, -0.15) is 0 Å². The zero-order chi connectivity index (χ0) is 19.1. The summed E-state index contributed by atoms with van der Waals surface area (Å²) in [5.41, 5.74) is 2.11. The monoisotopic (exact) mass is 351 g/mol. The molecule has 0 atom stereocenters. The van der Waals surface area contributed by atoms with Crippen molar-refractivity contribution in [3.63, 3.8) is 0 Å². The van der Waals surface area contributed by atoms with Gasteiger partial charge in [0.1, 0.15) is 0 Å². The highest BCUT2D eigenvalue weighted by atomic mass is 16.5. The molecule has 0 heterocycles. The van der Waals surface area contributed by atoms with Crippen LogP contribution in [0.15, 0.2) is 42.5 Å². The molecule has 0 aromatic heterocycles. The molecule has 0 bridgehead atoms. The normalized spacial score (nSPS) is 9.50. The van der Waals surface area contributed by atoms with Crippen molar-refractivity contribution in [3.8, 4) is 11.8 Å². The fourth-order valence-electron chi connectivity index (χ4n) is 2.19. The lowest BCUT2D eigenvalue weighted by Crippen LogP contribution is -2.15. The quantitative estimate of drug-likeness (QED) is 0.679. The predicted octanol–water partition coefficient (Wildman–Crippen LogP) is 2.56. The summed E-state index contributed by atoms with van der Waals surface area (Å²) in [6, 6.07) is 11.5. The summed E-state index contributed by atoms with van der Waals surface area (Å²) >= 11 is 0. The molecule has 6 nitrogen and oxygen atoms in total. The van der Waals surface area contributed by atoms with Gasteiger partial charge in [0, 0.05) is 11.5 Å². The average molecular weight is 351 g/mol. The van der Waals surface area contributed by atoms with E-state index in [1.165, 1.54) is 32.4 Å². The number of hydrogen-bond acceptors (Lipinski definition) is 5. The molecule has 0 aliphatic rings. The number of hydrogen-bond donors (Lipinski definition) is 1. The molecule has 2 rings (SSSR count). The van der Waals surface area contributed by atoms with Crippen molar-refractivity contribution in [1.82, 2.24) is 0 Å². The van der Waals surface area contributed by atoms with Gasteiger partial charge in [-0.3, -0.25) is 4.79 Å². The van der Waals surface area contributed by atoms with Crippen LogP contribution in [0, 0.1) is 18.8 Å². The molecule has 6 heteroatoms. The fourth-order valence-corrected chi connectivity index (χ4v) is 2.19. The van der Waals surface area contributed by atoms with Gasteiger partial charge in [0.25, 0.3) is 0 Å². The van der Waals surface area contributed by atoms with Crippen molar-refractivity contribution in [2.75, 3.05) is 19.5 Å². The molecule has 0 spiro atoms. The standard InChI is InChI=1S/C20H17NO5/c1-13-5-4-6-14(11-13)7-10-18(22)21-17-12-15(19(23)25-2)8-9-16(17)20(24)26-3/h4-6,8-9,11-12H,1-3H3,(H,21,22). The SMILES string of the molecule is COC(=O)c1ccc(C(=O)OC)c(NC(=O)C#Cc2cccc(C)c2)c1. The van der Waals surface area contributed by atoms with E-state index >= 15 is 0 Å². The maximum Gasteiger partial charge on any atom is 0.339 e.